The molecule has 10 heteroatoms. The second-order valence-corrected chi connectivity index (χ2v) is 10.3. The Morgan fingerprint density at radius 2 is 1.70 bits per heavy atom. The third-order valence-corrected chi connectivity index (χ3v) is 8.15. The van der Waals surface area contributed by atoms with E-state index in [1.165, 1.54) is 30.3 Å². The minimum absolute atomic E-state index is 0.0359. The molecule has 0 radical (unpaired) electrons. The van der Waals surface area contributed by atoms with Crippen LogP contribution in [-0.4, -0.2) is 39.4 Å². The smallest absolute Gasteiger partial charge is 0.267 e. The molecule has 1 aliphatic rings. The van der Waals surface area contributed by atoms with Gasteiger partial charge in [0.1, 0.15) is 5.69 Å². The van der Waals surface area contributed by atoms with Crippen molar-refractivity contribution in [3.05, 3.63) is 35.2 Å². The molecule has 0 saturated carbocycles. The van der Waals surface area contributed by atoms with Crippen LogP contribution in [0.5, 0.6) is 0 Å². The second-order valence-electron chi connectivity index (χ2n) is 6.70. The van der Waals surface area contributed by atoms with Crippen LogP contribution in [0.25, 0.3) is 0 Å². The maximum atomic E-state index is 12.9. The molecule has 2 heterocycles. The molecule has 1 aliphatic heterocycles. The van der Waals surface area contributed by atoms with Gasteiger partial charge >= 0.3 is 0 Å². The first-order valence-electron chi connectivity index (χ1n) is 8.69. The van der Waals surface area contributed by atoms with Crippen LogP contribution in [0.1, 0.15) is 36.3 Å². The van der Waals surface area contributed by atoms with Gasteiger partial charge in [-0.3, -0.25) is 4.72 Å². The number of nitrogens with zero attached hydrogens (tertiary/aromatic N) is 2. The van der Waals surface area contributed by atoms with Crippen LogP contribution in [0.2, 0.25) is 0 Å². The summed E-state index contributed by atoms with van der Waals surface area (Å²) in [6.07, 6.45) is 2.68. The monoisotopic (exact) mass is 413 g/mol. The van der Waals surface area contributed by atoms with Crippen LogP contribution in [-0.2, 0) is 20.0 Å². The lowest BCUT2D eigenvalue weighted by molar-refractivity contribution is 0.346. The lowest BCUT2D eigenvalue weighted by Gasteiger charge is -2.26. The van der Waals surface area contributed by atoms with E-state index in [2.05, 4.69) is 9.88 Å². The Bertz CT molecular complexity index is 1030. The summed E-state index contributed by atoms with van der Waals surface area (Å²) >= 11 is 0. The van der Waals surface area contributed by atoms with Crippen LogP contribution in [0.3, 0.4) is 0 Å². The molecule has 0 unspecified atom stereocenters. The number of rotatable bonds is 5. The molecule has 3 rings (SSSR count). The van der Waals surface area contributed by atoms with Gasteiger partial charge in [-0.1, -0.05) is 17.6 Å². The van der Waals surface area contributed by atoms with Gasteiger partial charge in [0.15, 0.2) is 10.7 Å². The largest absolute Gasteiger partial charge is 0.360 e. The van der Waals surface area contributed by atoms with Gasteiger partial charge in [0.2, 0.25) is 10.0 Å². The Labute approximate surface area is 159 Å². The maximum Gasteiger partial charge on any atom is 0.267 e. The molecular weight excluding hydrogens is 390 g/mol. The highest BCUT2D eigenvalue weighted by atomic mass is 32.2. The molecule has 27 heavy (non-hydrogen) atoms. The van der Waals surface area contributed by atoms with E-state index in [1.54, 1.807) is 13.0 Å². The number of benzene rings is 1. The van der Waals surface area contributed by atoms with Gasteiger partial charge in [-0.25, -0.2) is 16.8 Å². The average Bonchev–Trinajstić information content (AvgIpc) is 2.96. The average molecular weight is 414 g/mol. The number of aryl methyl sites for hydroxylation is 3. The highest BCUT2D eigenvalue weighted by Crippen LogP contribution is 2.28. The van der Waals surface area contributed by atoms with Crippen LogP contribution >= 0.6 is 0 Å². The Morgan fingerprint density at radius 3 is 2.30 bits per heavy atom. The van der Waals surface area contributed by atoms with E-state index in [4.69, 9.17) is 4.52 Å². The van der Waals surface area contributed by atoms with Gasteiger partial charge in [-0.05, 0) is 51.3 Å². The van der Waals surface area contributed by atoms with E-state index < -0.39 is 20.0 Å². The molecule has 1 fully saturated rings. The summed E-state index contributed by atoms with van der Waals surface area (Å²) in [5, 5.41) is 3.67. The molecule has 0 atom stereocenters. The van der Waals surface area contributed by atoms with Crippen molar-refractivity contribution in [3.63, 3.8) is 0 Å². The standard InChI is InChI=1S/C17H23N3O5S2/c1-12-7-8-15(27(23,24)20-9-5-4-6-10-20)11-16(12)19-26(21,22)17-13(2)18-25-14(17)3/h7-8,11,19H,4-6,9-10H2,1-3H3. The first kappa shape index (κ1) is 19.8. The SMILES string of the molecule is Cc1ccc(S(=O)(=O)N2CCCCC2)cc1NS(=O)(=O)c1c(C)noc1C. The molecule has 148 valence electrons. The zero-order valence-electron chi connectivity index (χ0n) is 15.5. The van der Waals surface area contributed by atoms with Crippen LogP contribution in [0.4, 0.5) is 5.69 Å². The maximum absolute atomic E-state index is 12.9. The molecule has 0 aliphatic carbocycles. The normalized spacial score (nSPS) is 16.4. The summed E-state index contributed by atoms with van der Waals surface area (Å²) in [5.74, 6) is 0.176. The highest BCUT2D eigenvalue weighted by molar-refractivity contribution is 7.92. The van der Waals surface area contributed by atoms with E-state index in [-0.39, 0.29) is 26.9 Å². The zero-order valence-corrected chi connectivity index (χ0v) is 17.2. The van der Waals surface area contributed by atoms with Gasteiger partial charge in [-0.15, -0.1) is 0 Å². The quantitative estimate of drug-likeness (QED) is 0.807. The molecular formula is C17H23N3O5S2. The Balaban J connectivity index is 1.97. The van der Waals surface area contributed by atoms with Gasteiger partial charge in [0.25, 0.3) is 10.0 Å². The minimum Gasteiger partial charge on any atom is -0.360 e. The van der Waals surface area contributed by atoms with Gasteiger partial charge < -0.3 is 4.52 Å². The van der Waals surface area contributed by atoms with E-state index in [9.17, 15) is 16.8 Å². The van der Waals surface area contributed by atoms with Crippen molar-refractivity contribution >= 4 is 25.7 Å². The Morgan fingerprint density at radius 1 is 1.04 bits per heavy atom. The predicted molar refractivity (Wildman–Crippen MR) is 101 cm³/mol. The molecule has 1 N–H and O–H groups in total. The topological polar surface area (TPSA) is 110 Å². The number of piperidine rings is 1. The summed E-state index contributed by atoms with van der Waals surface area (Å²) in [4.78, 5) is 0.0395. The summed E-state index contributed by atoms with van der Waals surface area (Å²) in [7, 11) is -7.62. The van der Waals surface area contributed by atoms with Crippen molar-refractivity contribution < 1.29 is 21.4 Å². The van der Waals surface area contributed by atoms with E-state index >= 15 is 0 Å². The highest BCUT2D eigenvalue weighted by Gasteiger charge is 2.28. The molecule has 2 aromatic rings. The van der Waals surface area contributed by atoms with Crippen molar-refractivity contribution in [2.45, 2.75) is 49.8 Å². The van der Waals surface area contributed by atoms with Crippen molar-refractivity contribution in [1.82, 2.24) is 9.46 Å². The molecule has 1 saturated heterocycles. The van der Waals surface area contributed by atoms with Crippen LogP contribution < -0.4 is 4.72 Å². The Hall–Kier alpha value is -1.91. The number of hydrogen-bond acceptors (Lipinski definition) is 6. The number of nitrogens with one attached hydrogen (secondary N) is 1. The van der Waals surface area contributed by atoms with Crippen molar-refractivity contribution in [1.29, 1.82) is 0 Å². The first-order chi connectivity index (χ1) is 12.6. The van der Waals surface area contributed by atoms with Crippen LogP contribution in [0.15, 0.2) is 32.5 Å². The number of hydrogen-bond donors (Lipinski definition) is 1. The summed E-state index contributed by atoms with van der Waals surface area (Å²) in [6.45, 7) is 5.73. The second kappa shape index (κ2) is 7.25. The van der Waals surface area contributed by atoms with E-state index in [1.807, 2.05) is 0 Å². The third kappa shape index (κ3) is 3.87. The third-order valence-electron chi connectivity index (χ3n) is 4.64. The van der Waals surface area contributed by atoms with Crippen molar-refractivity contribution in [2.24, 2.45) is 0 Å². The fraction of sp³-hybridized carbons (Fsp3) is 0.471. The summed E-state index contributed by atoms with van der Waals surface area (Å²) in [5.41, 5.74) is 1.07. The van der Waals surface area contributed by atoms with Crippen molar-refractivity contribution in [2.75, 3.05) is 17.8 Å². The molecule has 0 bridgehead atoms. The number of aromatic nitrogens is 1. The van der Waals surface area contributed by atoms with E-state index in [0.29, 0.717) is 18.7 Å². The molecule has 0 amide bonds. The fourth-order valence-electron chi connectivity index (χ4n) is 3.18. The lowest BCUT2D eigenvalue weighted by Crippen LogP contribution is -2.35. The van der Waals surface area contributed by atoms with Gasteiger partial charge in [-0.2, -0.15) is 4.31 Å². The van der Waals surface area contributed by atoms with Gasteiger partial charge in [0, 0.05) is 13.1 Å². The predicted octanol–water partition coefficient (Wildman–Crippen LogP) is 2.58. The number of sulfonamides is 2. The van der Waals surface area contributed by atoms with Gasteiger partial charge in [0.05, 0.1) is 10.6 Å². The Kier molecular flexibility index (Phi) is 5.33. The van der Waals surface area contributed by atoms with E-state index in [0.717, 1.165) is 19.3 Å². The minimum atomic E-state index is -3.96. The summed E-state index contributed by atoms with van der Waals surface area (Å²) in [6, 6.07) is 4.48. The van der Waals surface area contributed by atoms with Crippen molar-refractivity contribution in [3.8, 4) is 0 Å². The molecule has 0 spiro atoms. The fourth-order valence-corrected chi connectivity index (χ4v) is 6.18. The first-order valence-corrected chi connectivity index (χ1v) is 11.6. The zero-order chi connectivity index (χ0) is 19.8. The number of anilines is 1. The molecule has 1 aromatic carbocycles. The lowest BCUT2D eigenvalue weighted by atomic mass is 10.2. The summed E-state index contributed by atoms with van der Waals surface area (Å²) < 4.78 is 60.1. The molecule has 1 aromatic heterocycles. The van der Waals surface area contributed by atoms with Crippen LogP contribution in [0, 0.1) is 20.8 Å². The molecule has 8 nitrogen and oxygen atoms in total.